The van der Waals surface area contributed by atoms with E-state index in [1.54, 1.807) is 6.26 Å². The fourth-order valence-electron chi connectivity index (χ4n) is 4.05. The van der Waals surface area contributed by atoms with E-state index < -0.39 is 0 Å². The van der Waals surface area contributed by atoms with E-state index >= 15 is 0 Å². The number of hydrogen-bond acceptors (Lipinski definition) is 1. The Morgan fingerprint density at radius 3 is 2.58 bits per heavy atom. The van der Waals surface area contributed by atoms with Gasteiger partial charge in [0.1, 0.15) is 0 Å². The third kappa shape index (κ3) is 4.41. The Bertz CT molecular complexity index is 275. The largest absolute Gasteiger partial charge is 0.497 e. The molecular weight excluding hydrogens is 256 g/mol. The van der Waals surface area contributed by atoms with Crippen LogP contribution in [0.25, 0.3) is 0 Å². The molecule has 0 unspecified atom stereocenters. The number of ether oxygens (including phenoxy) is 1. The molecule has 0 aromatic heterocycles. The molecule has 2 aliphatic carbocycles. The highest BCUT2D eigenvalue weighted by Gasteiger charge is 2.43. The Balaban J connectivity index is 1.63. The van der Waals surface area contributed by atoms with Gasteiger partial charge in [-0.2, -0.15) is 0 Å². The minimum absolute atomic E-state index is 0.421. The van der Waals surface area contributed by atoms with Crippen molar-refractivity contribution < 1.29 is 4.74 Å². The molecule has 19 heavy (non-hydrogen) atoms. The lowest BCUT2D eigenvalue weighted by Gasteiger charge is -2.47. The molecule has 2 fully saturated rings. The van der Waals surface area contributed by atoms with E-state index in [9.17, 15) is 0 Å². The molecule has 0 saturated heterocycles. The van der Waals surface area contributed by atoms with E-state index in [1.807, 2.05) is 0 Å². The van der Waals surface area contributed by atoms with Gasteiger partial charge in [0.2, 0.25) is 0 Å². The predicted molar refractivity (Wildman–Crippen MR) is 82.3 cm³/mol. The first-order chi connectivity index (χ1) is 9.28. The fourth-order valence-corrected chi connectivity index (χ4v) is 4.11. The molecule has 2 heteroatoms. The molecule has 0 bridgehead atoms. The normalized spacial score (nSPS) is 32.4. The number of hydrogen-bond donors (Lipinski definition) is 0. The van der Waals surface area contributed by atoms with Gasteiger partial charge in [-0.25, -0.2) is 0 Å². The van der Waals surface area contributed by atoms with Gasteiger partial charge in [-0.3, -0.25) is 0 Å². The van der Waals surface area contributed by atoms with Crippen molar-refractivity contribution in [1.82, 2.24) is 0 Å². The van der Waals surface area contributed by atoms with Crippen molar-refractivity contribution in [2.24, 2.45) is 11.3 Å². The molecule has 110 valence electrons. The van der Waals surface area contributed by atoms with Crippen molar-refractivity contribution in [2.45, 2.75) is 83.7 Å². The molecular formula is C17H29ClO. The summed E-state index contributed by atoms with van der Waals surface area (Å²) < 4.78 is 5.57. The van der Waals surface area contributed by atoms with E-state index in [-0.39, 0.29) is 0 Å². The highest BCUT2D eigenvalue weighted by Crippen LogP contribution is 2.49. The van der Waals surface area contributed by atoms with Crippen LogP contribution in [0, 0.1) is 11.3 Å². The lowest BCUT2D eigenvalue weighted by atomic mass is 9.62. The summed E-state index contributed by atoms with van der Waals surface area (Å²) in [6, 6.07) is 0. The standard InChI is InChI=1S/C17H29ClO/c1-2-17(13-16(14-17)19-12-11-18)10-6-9-15-7-4-3-5-8-15/h11-12,15-16H,2-10,13-14H2,1H3. The SMILES string of the molecule is CCC1(CCCC2CCCCC2)CC(OC=CCl)C1. The Hall–Kier alpha value is -0.170. The Kier molecular flexibility index (Phi) is 6.06. The number of halogens is 1. The average molecular weight is 285 g/mol. The van der Waals surface area contributed by atoms with Crippen molar-refractivity contribution in [3.05, 3.63) is 11.8 Å². The Labute approximate surface area is 123 Å². The number of rotatable bonds is 7. The third-order valence-corrected chi connectivity index (χ3v) is 5.54. The van der Waals surface area contributed by atoms with E-state index in [1.165, 1.54) is 76.2 Å². The maximum absolute atomic E-state index is 5.57. The lowest BCUT2D eigenvalue weighted by Crippen LogP contribution is -2.41. The summed E-state index contributed by atoms with van der Waals surface area (Å²) in [6.45, 7) is 2.34. The van der Waals surface area contributed by atoms with Crippen LogP contribution in [0.2, 0.25) is 0 Å². The van der Waals surface area contributed by atoms with Gasteiger partial charge >= 0.3 is 0 Å². The molecule has 2 rings (SSSR count). The second kappa shape index (κ2) is 7.57. The first-order valence-corrected chi connectivity index (χ1v) is 8.62. The summed E-state index contributed by atoms with van der Waals surface area (Å²) in [7, 11) is 0. The first kappa shape index (κ1) is 15.2. The van der Waals surface area contributed by atoms with Gasteiger partial charge in [-0.1, -0.05) is 69.9 Å². The van der Waals surface area contributed by atoms with Crippen LogP contribution >= 0.6 is 11.6 Å². The van der Waals surface area contributed by atoms with E-state index in [4.69, 9.17) is 16.3 Å². The van der Waals surface area contributed by atoms with Gasteiger partial charge in [-0.05, 0) is 30.6 Å². The third-order valence-electron chi connectivity index (χ3n) is 5.44. The molecule has 1 nitrogen and oxygen atoms in total. The van der Waals surface area contributed by atoms with Crippen LogP contribution in [0.3, 0.4) is 0 Å². The second-order valence-electron chi connectivity index (χ2n) is 6.68. The van der Waals surface area contributed by atoms with Crippen molar-refractivity contribution in [3.8, 4) is 0 Å². The molecule has 0 heterocycles. The van der Waals surface area contributed by atoms with Crippen molar-refractivity contribution >= 4 is 11.6 Å². The maximum atomic E-state index is 5.57. The van der Waals surface area contributed by atoms with Crippen molar-refractivity contribution in [3.63, 3.8) is 0 Å². The van der Waals surface area contributed by atoms with Crippen LogP contribution in [0.5, 0.6) is 0 Å². The van der Waals surface area contributed by atoms with Crippen LogP contribution in [-0.2, 0) is 4.74 Å². The smallest absolute Gasteiger partial charge is 0.0989 e. The van der Waals surface area contributed by atoms with Crippen molar-refractivity contribution in [1.29, 1.82) is 0 Å². The summed E-state index contributed by atoms with van der Waals surface area (Å²) >= 11 is 5.50. The second-order valence-corrected chi connectivity index (χ2v) is 6.93. The van der Waals surface area contributed by atoms with Crippen molar-refractivity contribution in [2.75, 3.05) is 0 Å². The minimum Gasteiger partial charge on any atom is -0.497 e. The van der Waals surface area contributed by atoms with Crippen LogP contribution < -0.4 is 0 Å². The van der Waals surface area contributed by atoms with Gasteiger partial charge < -0.3 is 4.74 Å². The zero-order valence-corrected chi connectivity index (χ0v) is 13.1. The van der Waals surface area contributed by atoms with Crippen LogP contribution in [-0.4, -0.2) is 6.10 Å². The molecule has 0 aromatic carbocycles. The first-order valence-electron chi connectivity index (χ1n) is 8.19. The van der Waals surface area contributed by atoms with Gasteiger partial charge in [0, 0.05) is 5.54 Å². The molecule has 2 saturated carbocycles. The molecule has 0 spiro atoms. The molecule has 0 N–H and O–H groups in total. The summed E-state index contributed by atoms with van der Waals surface area (Å²) in [6.07, 6.45) is 17.5. The van der Waals surface area contributed by atoms with Crippen LogP contribution in [0.15, 0.2) is 11.8 Å². The minimum atomic E-state index is 0.421. The van der Waals surface area contributed by atoms with Gasteiger partial charge in [-0.15, -0.1) is 0 Å². The molecule has 0 atom stereocenters. The molecule has 0 radical (unpaired) electrons. The van der Waals surface area contributed by atoms with Crippen LogP contribution in [0.1, 0.15) is 77.6 Å². The van der Waals surface area contributed by atoms with E-state index in [0.29, 0.717) is 11.5 Å². The zero-order valence-electron chi connectivity index (χ0n) is 12.4. The van der Waals surface area contributed by atoms with Gasteiger partial charge in [0.25, 0.3) is 0 Å². The summed E-state index contributed by atoms with van der Waals surface area (Å²) in [5, 5.41) is 0. The summed E-state index contributed by atoms with van der Waals surface area (Å²) in [5.41, 5.74) is 2.05. The lowest BCUT2D eigenvalue weighted by molar-refractivity contribution is -0.0498. The van der Waals surface area contributed by atoms with E-state index in [0.717, 1.165) is 5.92 Å². The maximum Gasteiger partial charge on any atom is 0.0989 e. The highest BCUT2D eigenvalue weighted by atomic mass is 35.5. The topological polar surface area (TPSA) is 9.23 Å². The zero-order chi connectivity index (χ0) is 13.6. The average Bonchev–Trinajstić information content (AvgIpc) is 2.41. The van der Waals surface area contributed by atoms with Crippen LogP contribution in [0.4, 0.5) is 0 Å². The van der Waals surface area contributed by atoms with E-state index in [2.05, 4.69) is 6.92 Å². The Morgan fingerprint density at radius 1 is 1.21 bits per heavy atom. The quantitative estimate of drug-likeness (QED) is 0.519. The fraction of sp³-hybridized carbons (Fsp3) is 0.882. The Morgan fingerprint density at radius 2 is 1.95 bits per heavy atom. The molecule has 0 amide bonds. The monoisotopic (exact) mass is 284 g/mol. The molecule has 2 aliphatic rings. The molecule has 0 aliphatic heterocycles. The highest BCUT2D eigenvalue weighted by molar-refractivity contribution is 6.25. The molecule has 0 aromatic rings. The predicted octanol–water partition coefficient (Wildman–Crippen LogP) is 6.02. The van der Waals surface area contributed by atoms with Gasteiger partial charge in [0.15, 0.2) is 0 Å². The van der Waals surface area contributed by atoms with Gasteiger partial charge in [0.05, 0.1) is 12.4 Å². The summed E-state index contributed by atoms with van der Waals surface area (Å²) in [5.74, 6) is 1.04. The summed E-state index contributed by atoms with van der Waals surface area (Å²) in [4.78, 5) is 0.